The number of aryl methyl sites for hydroxylation is 1. The molecule has 1 heterocycles. The monoisotopic (exact) mass is 245 g/mol. The van der Waals surface area contributed by atoms with Crippen molar-refractivity contribution >= 4 is 0 Å². The summed E-state index contributed by atoms with van der Waals surface area (Å²) in [7, 11) is 0. The van der Waals surface area contributed by atoms with Crippen molar-refractivity contribution in [2.45, 2.75) is 39.2 Å². The Hall–Kier alpha value is -1.68. The van der Waals surface area contributed by atoms with Gasteiger partial charge in [0.05, 0.1) is 6.04 Å². The van der Waals surface area contributed by atoms with Gasteiger partial charge < -0.3 is 10.3 Å². The van der Waals surface area contributed by atoms with Gasteiger partial charge in [-0.15, -0.1) is 0 Å². The van der Waals surface area contributed by atoms with Crippen LogP contribution in [0.15, 0.2) is 28.8 Å². The average molecular weight is 245 g/mol. The van der Waals surface area contributed by atoms with Gasteiger partial charge in [-0.1, -0.05) is 48.3 Å². The summed E-state index contributed by atoms with van der Waals surface area (Å²) in [5.41, 5.74) is 8.36. The minimum Gasteiger partial charge on any atom is -0.338 e. The zero-order chi connectivity index (χ0) is 13.0. The summed E-state index contributed by atoms with van der Waals surface area (Å²) in [6, 6.07) is 8.15. The molecule has 0 radical (unpaired) electrons. The van der Waals surface area contributed by atoms with Crippen molar-refractivity contribution in [1.29, 1.82) is 0 Å². The van der Waals surface area contributed by atoms with E-state index in [0.29, 0.717) is 18.1 Å². The van der Waals surface area contributed by atoms with Gasteiger partial charge in [-0.2, -0.15) is 4.98 Å². The highest BCUT2D eigenvalue weighted by atomic mass is 16.5. The number of nitrogens with two attached hydrogens (primary N) is 1. The van der Waals surface area contributed by atoms with Crippen LogP contribution in [0.2, 0.25) is 0 Å². The number of benzene rings is 1. The maximum absolute atomic E-state index is 5.94. The first-order chi connectivity index (χ1) is 8.69. The molecule has 2 rings (SSSR count). The SMILES string of the molecule is CCC[C@H](N)c1nc(Cc2cccc(C)c2)no1. The molecule has 0 spiro atoms. The molecule has 18 heavy (non-hydrogen) atoms. The van der Waals surface area contributed by atoms with Gasteiger partial charge in [-0.3, -0.25) is 0 Å². The topological polar surface area (TPSA) is 64.9 Å². The molecule has 0 saturated carbocycles. The standard InChI is InChI=1S/C14H19N3O/c1-3-5-12(15)14-16-13(17-18-14)9-11-7-4-6-10(2)8-11/h4,6-8,12H,3,5,9,15H2,1-2H3/t12-/m0/s1. The second-order valence-corrected chi connectivity index (χ2v) is 4.61. The lowest BCUT2D eigenvalue weighted by atomic mass is 10.1. The summed E-state index contributed by atoms with van der Waals surface area (Å²) < 4.78 is 5.20. The van der Waals surface area contributed by atoms with E-state index in [1.807, 2.05) is 6.07 Å². The lowest BCUT2D eigenvalue weighted by Crippen LogP contribution is -2.10. The smallest absolute Gasteiger partial charge is 0.243 e. The molecular weight excluding hydrogens is 226 g/mol. The van der Waals surface area contributed by atoms with Crippen LogP contribution < -0.4 is 5.73 Å². The molecular formula is C14H19N3O. The van der Waals surface area contributed by atoms with E-state index in [-0.39, 0.29) is 6.04 Å². The van der Waals surface area contributed by atoms with Crippen molar-refractivity contribution in [3.8, 4) is 0 Å². The molecule has 0 unspecified atom stereocenters. The molecule has 0 amide bonds. The third-order valence-corrected chi connectivity index (χ3v) is 2.85. The van der Waals surface area contributed by atoms with Gasteiger partial charge >= 0.3 is 0 Å². The van der Waals surface area contributed by atoms with Crippen LogP contribution in [-0.4, -0.2) is 10.1 Å². The van der Waals surface area contributed by atoms with Crippen LogP contribution in [0.3, 0.4) is 0 Å². The number of hydrogen-bond acceptors (Lipinski definition) is 4. The summed E-state index contributed by atoms with van der Waals surface area (Å²) in [4.78, 5) is 4.35. The first-order valence-electron chi connectivity index (χ1n) is 6.32. The summed E-state index contributed by atoms with van der Waals surface area (Å²) in [5, 5.41) is 3.98. The quantitative estimate of drug-likeness (QED) is 0.879. The molecule has 0 aliphatic heterocycles. The van der Waals surface area contributed by atoms with E-state index in [1.165, 1.54) is 11.1 Å². The first-order valence-corrected chi connectivity index (χ1v) is 6.32. The molecule has 0 bridgehead atoms. The molecule has 96 valence electrons. The zero-order valence-electron chi connectivity index (χ0n) is 10.9. The van der Waals surface area contributed by atoms with Gasteiger partial charge in [0.25, 0.3) is 0 Å². The van der Waals surface area contributed by atoms with E-state index in [4.69, 9.17) is 10.3 Å². The Morgan fingerprint density at radius 1 is 1.39 bits per heavy atom. The molecule has 4 heteroatoms. The normalized spacial score (nSPS) is 12.6. The highest BCUT2D eigenvalue weighted by Gasteiger charge is 2.13. The van der Waals surface area contributed by atoms with Crippen LogP contribution in [0, 0.1) is 6.92 Å². The highest BCUT2D eigenvalue weighted by molar-refractivity contribution is 5.24. The molecule has 4 nitrogen and oxygen atoms in total. The maximum Gasteiger partial charge on any atom is 0.243 e. The number of nitrogens with zero attached hydrogens (tertiary/aromatic N) is 2. The van der Waals surface area contributed by atoms with E-state index in [9.17, 15) is 0 Å². The molecule has 0 aliphatic carbocycles. The van der Waals surface area contributed by atoms with Gasteiger partial charge in [0.15, 0.2) is 5.82 Å². The van der Waals surface area contributed by atoms with Gasteiger partial charge in [0.2, 0.25) is 5.89 Å². The lowest BCUT2D eigenvalue weighted by molar-refractivity contribution is 0.345. The number of hydrogen-bond donors (Lipinski definition) is 1. The van der Waals surface area contributed by atoms with Crippen molar-refractivity contribution in [2.75, 3.05) is 0 Å². The summed E-state index contributed by atoms with van der Waals surface area (Å²) in [6.45, 7) is 4.16. The van der Waals surface area contributed by atoms with Crippen molar-refractivity contribution in [3.05, 3.63) is 47.1 Å². The summed E-state index contributed by atoms with van der Waals surface area (Å²) in [5.74, 6) is 1.24. The first kappa shape index (κ1) is 12.8. The fourth-order valence-corrected chi connectivity index (χ4v) is 1.93. The minimum absolute atomic E-state index is 0.145. The van der Waals surface area contributed by atoms with Crippen LogP contribution in [0.5, 0.6) is 0 Å². The Bertz CT molecular complexity index is 507. The van der Waals surface area contributed by atoms with E-state index in [2.05, 4.69) is 42.2 Å². The Morgan fingerprint density at radius 3 is 2.94 bits per heavy atom. The van der Waals surface area contributed by atoms with Crippen molar-refractivity contribution in [3.63, 3.8) is 0 Å². The molecule has 0 aliphatic rings. The van der Waals surface area contributed by atoms with Gasteiger partial charge in [0, 0.05) is 6.42 Å². The van der Waals surface area contributed by atoms with Gasteiger partial charge in [-0.05, 0) is 18.9 Å². The van der Waals surface area contributed by atoms with Crippen molar-refractivity contribution in [1.82, 2.24) is 10.1 Å². The molecule has 2 N–H and O–H groups in total. The molecule has 1 aromatic carbocycles. The Morgan fingerprint density at radius 2 is 2.22 bits per heavy atom. The van der Waals surface area contributed by atoms with Crippen LogP contribution >= 0.6 is 0 Å². The molecule has 2 aromatic rings. The minimum atomic E-state index is -0.145. The van der Waals surface area contributed by atoms with E-state index in [0.717, 1.165) is 12.8 Å². The third kappa shape index (κ3) is 3.17. The molecule has 1 atom stereocenters. The van der Waals surface area contributed by atoms with E-state index >= 15 is 0 Å². The van der Waals surface area contributed by atoms with E-state index < -0.39 is 0 Å². The second-order valence-electron chi connectivity index (χ2n) is 4.61. The van der Waals surface area contributed by atoms with Gasteiger partial charge in [0.1, 0.15) is 0 Å². The molecule has 0 saturated heterocycles. The van der Waals surface area contributed by atoms with Crippen molar-refractivity contribution < 1.29 is 4.52 Å². The third-order valence-electron chi connectivity index (χ3n) is 2.85. The Labute approximate surface area is 107 Å². The average Bonchev–Trinajstić information content (AvgIpc) is 2.78. The van der Waals surface area contributed by atoms with E-state index in [1.54, 1.807) is 0 Å². The number of rotatable bonds is 5. The van der Waals surface area contributed by atoms with Crippen molar-refractivity contribution in [2.24, 2.45) is 5.73 Å². The fraction of sp³-hybridized carbons (Fsp3) is 0.429. The van der Waals surface area contributed by atoms with Crippen LogP contribution in [-0.2, 0) is 6.42 Å². The molecule has 0 fully saturated rings. The summed E-state index contributed by atoms with van der Waals surface area (Å²) >= 11 is 0. The largest absolute Gasteiger partial charge is 0.338 e. The Kier molecular flexibility index (Phi) is 4.10. The van der Waals surface area contributed by atoms with Crippen LogP contribution in [0.25, 0.3) is 0 Å². The lowest BCUT2D eigenvalue weighted by Gasteiger charge is -2.02. The number of aromatic nitrogens is 2. The predicted octanol–water partition coefficient (Wildman–Crippen LogP) is 2.77. The predicted molar refractivity (Wildman–Crippen MR) is 70.1 cm³/mol. The van der Waals surface area contributed by atoms with Crippen LogP contribution in [0.4, 0.5) is 0 Å². The zero-order valence-corrected chi connectivity index (χ0v) is 10.9. The summed E-state index contributed by atoms with van der Waals surface area (Å²) in [6.07, 6.45) is 2.56. The van der Waals surface area contributed by atoms with Gasteiger partial charge in [-0.25, -0.2) is 0 Å². The Balaban J connectivity index is 2.06. The van der Waals surface area contributed by atoms with Crippen LogP contribution in [0.1, 0.15) is 48.6 Å². The fourth-order valence-electron chi connectivity index (χ4n) is 1.93. The maximum atomic E-state index is 5.94. The highest BCUT2D eigenvalue weighted by Crippen LogP contribution is 2.15. The molecule has 1 aromatic heterocycles. The second kappa shape index (κ2) is 5.78.